The number of Topliss-reactive ketones (excluding diaryl/α,β-unsaturated/α-hetero) is 1. The van der Waals surface area contributed by atoms with E-state index in [1.165, 1.54) is 31.2 Å². The monoisotopic (exact) mass is 380 g/mol. The van der Waals surface area contributed by atoms with Gasteiger partial charge in [-0.15, -0.1) is 0 Å². The molecule has 0 unspecified atom stereocenters. The summed E-state index contributed by atoms with van der Waals surface area (Å²) in [6, 6.07) is 3.11. The number of hydrogen-bond donors (Lipinski definition) is 3. The molecule has 1 aromatic rings. The van der Waals surface area contributed by atoms with Crippen LogP contribution in [0.3, 0.4) is 0 Å². The topological polar surface area (TPSA) is 154 Å². The number of carbonyl (C=O) groups excluding carboxylic acids is 3. The smallest absolute Gasteiger partial charge is 0.408 e. The number of alkyl carbamates (subject to hydrolysis) is 1. The predicted molar refractivity (Wildman–Crippen MR) is 98.2 cm³/mol. The molecule has 0 radical (unpaired) electrons. The largest absolute Gasteiger partial charge is 0.444 e. The number of non-ortho nitro benzene ring substituents is 1. The quantitative estimate of drug-likeness (QED) is 0.481. The first-order chi connectivity index (χ1) is 12.4. The minimum atomic E-state index is -1.21. The number of nitro benzene ring substituents is 1. The predicted octanol–water partition coefficient (Wildman–Crippen LogP) is 1.73. The van der Waals surface area contributed by atoms with E-state index in [4.69, 9.17) is 10.5 Å². The van der Waals surface area contributed by atoms with Crippen LogP contribution in [0.2, 0.25) is 0 Å². The number of nitrogens with two attached hydrogens (primary N) is 1. The molecule has 148 valence electrons. The third-order valence-corrected chi connectivity index (χ3v) is 3.27. The third kappa shape index (κ3) is 7.82. The number of anilines is 1. The summed E-state index contributed by atoms with van der Waals surface area (Å²) in [5.74, 6) is -1.10. The van der Waals surface area contributed by atoms with E-state index < -0.39 is 40.4 Å². The van der Waals surface area contributed by atoms with Crippen molar-refractivity contribution in [3.63, 3.8) is 0 Å². The second-order valence-electron chi connectivity index (χ2n) is 6.95. The SMILES string of the molecule is C[C@H](N)C(=O)C[C@H](NC(=O)OC(C)(C)C)C(=O)Nc1ccc([N+](=O)[O-])cc1. The zero-order chi connectivity index (χ0) is 20.8. The van der Waals surface area contributed by atoms with Crippen molar-refractivity contribution < 1.29 is 24.0 Å². The molecule has 0 heterocycles. The Morgan fingerprint density at radius 3 is 2.22 bits per heavy atom. The molecule has 0 spiro atoms. The maximum atomic E-state index is 12.5. The number of ether oxygens (including phenoxy) is 1. The van der Waals surface area contributed by atoms with E-state index in [1.807, 2.05) is 0 Å². The van der Waals surface area contributed by atoms with Crippen LogP contribution < -0.4 is 16.4 Å². The molecule has 10 heteroatoms. The highest BCUT2D eigenvalue weighted by atomic mass is 16.6. The number of amides is 2. The van der Waals surface area contributed by atoms with Crippen LogP contribution in [0.4, 0.5) is 16.2 Å². The van der Waals surface area contributed by atoms with Gasteiger partial charge in [0.1, 0.15) is 11.6 Å². The number of rotatable bonds is 7. The molecule has 10 nitrogen and oxygen atoms in total. The van der Waals surface area contributed by atoms with E-state index in [2.05, 4.69) is 10.6 Å². The van der Waals surface area contributed by atoms with Gasteiger partial charge < -0.3 is 21.1 Å². The zero-order valence-corrected chi connectivity index (χ0v) is 15.6. The van der Waals surface area contributed by atoms with E-state index in [0.717, 1.165) is 0 Å². The lowest BCUT2D eigenvalue weighted by Gasteiger charge is -2.23. The number of carbonyl (C=O) groups is 3. The van der Waals surface area contributed by atoms with Gasteiger partial charge in [-0.3, -0.25) is 19.7 Å². The Labute approximate surface area is 156 Å². The highest BCUT2D eigenvalue weighted by Crippen LogP contribution is 2.16. The number of nitrogens with zero attached hydrogens (tertiary/aromatic N) is 1. The number of benzene rings is 1. The summed E-state index contributed by atoms with van der Waals surface area (Å²) in [6.07, 6.45) is -1.18. The maximum Gasteiger partial charge on any atom is 0.408 e. The highest BCUT2D eigenvalue weighted by molar-refractivity contribution is 6.00. The first-order valence-corrected chi connectivity index (χ1v) is 8.22. The second-order valence-corrected chi connectivity index (χ2v) is 6.95. The molecule has 0 bridgehead atoms. The van der Waals surface area contributed by atoms with Gasteiger partial charge in [-0.2, -0.15) is 0 Å². The third-order valence-electron chi connectivity index (χ3n) is 3.27. The van der Waals surface area contributed by atoms with Gasteiger partial charge in [0.2, 0.25) is 5.91 Å². The first kappa shape index (κ1) is 22.0. The fourth-order valence-corrected chi connectivity index (χ4v) is 1.94. The average molecular weight is 380 g/mol. The molecule has 0 aliphatic rings. The zero-order valence-electron chi connectivity index (χ0n) is 15.6. The fraction of sp³-hybridized carbons (Fsp3) is 0.471. The molecular formula is C17H24N4O6. The minimum Gasteiger partial charge on any atom is -0.444 e. The Hall–Kier alpha value is -3.01. The van der Waals surface area contributed by atoms with Crippen molar-refractivity contribution >= 4 is 29.2 Å². The molecular weight excluding hydrogens is 356 g/mol. The van der Waals surface area contributed by atoms with Crippen LogP contribution in [0.1, 0.15) is 34.1 Å². The van der Waals surface area contributed by atoms with Gasteiger partial charge in [-0.05, 0) is 39.8 Å². The lowest BCUT2D eigenvalue weighted by Crippen LogP contribution is -2.48. The Kier molecular flexibility index (Phi) is 7.41. The molecule has 0 aliphatic carbocycles. The van der Waals surface area contributed by atoms with Crippen LogP contribution in [-0.2, 0) is 14.3 Å². The number of hydrogen-bond acceptors (Lipinski definition) is 7. The van der Waals surface area contributed by atoms with Crippen LogP contribution in [0.5, 0.6) is 0 Å². The van der Waals surface area contributed by atoms with Gasteiger partial charge in [-0.1, -0.05) is 0 Å². The number of ketones is 1. The van der Waals surface area contributed by atoms with Crippen molar-refractivity contribution in [1.29, 1.82) is 0 Å². The molecule has 27 heavy (non-hydrogen) atoms. The van der Waals surface area contributed by atoms with Gasteiger partial charge in [0.15, 0.2) is 5.78 Å². The van der Waals surface area contributed by atoms with E-state index in [1.54, 1.807) is 20.8 Å². The summed E-state index contributed by atoms with van der Waals surface area (Å²) >= 11 is 0. The molecule has 1 aromatic carbocycles. The van der Waals surface area contributed by atoms with Crippen molar-refractivity contribution in [3.05, 3.63) is 34.4 Å². The van der Waals surface area contributed by atoms with Crippen molar-refractivity contribution in [1.82, 2.24) is 5.32 Å². The van der Waals surface area contributed by atoms with Crippen LogP contribution >= 0.6 is 0 Å². The summed E-state index contributed by atoms with van der Waals surface area (Å²) in [5.41, 5.74) is 4.88. The van der Waals surface area contributed by atoms with Crippen molar-refractivity contribution in [2.24, 2.45) is 5.73 Å². The molecule has 4 N–H and O–H groups in total. The maximum absolute atomic E-state index is 12.5. The lowest BCUT2D eigenvalue weighted by molar-refractivity contribution is -0.384. The fourth-order valence-electron chi connectivity index (χ4n) is 1.94. The normalized spacial score (nSPS) is 13.2. The van der Waals surface area contributed by atoms with E-state index >= 15 is 0 Å². The van der Waals surface area contributed by atoms with Gasteiger partial charge in [0.05, 0.1) is 11.0 Å². The standard InChI is InChI=1S/C17H24N4O6/c1-10(18)14(22)9-13(20-16(24)27-17(2,3)4)15(23)19-11-5-7-12(8-6-11)21(25)26/h5-8,10,13H,9,18H2,1-4H3,(H,19,23)(H,20,24)/t10-,13-/m0/s1. The average Bonchev–Trinajstić information content (AvgIpc) is 2.52. The lowest BCUT2D eigenvalue weighted by atomic mass is 10.1. The van der Waals surface area contributed by atoms with Gasteiger partial charge in [0, 0.05) is 24.2 Å². The van der Waals surface area contributed by atoms with Crippen LogP contribution in [0, 0.1) is 10.1 Å². The Bertz CT molecular complexity index is 709. The van der Waals surface area contributed by atoms with E-state index in [-0.39, 0.29) is 17.8 Å². The minimum absolute atomic E-state index is 0.136. The molecule has 0 saturated carbocycles. The molecule has 0 saturated heterocycles. The molecule has 0 aliphatic heterocycles. The molecule has 0 fully saturated rings. The molecule has 2 amide bonds. The Balaban J connectivity index is 2.89. The second kappa shape index (κ2) is 9.08. The Morgan fingerprint density at radius 2 is 1.78 bits per heavy atom. The van der Waals surface area contributed by atoms with Crippen molar-refractivity contribution in [2.45, 2.75) is 51.8 Å². The van der Waals surface area contributed by atoms with E-state index in [0.29, 0.717) is 0 Å². The van der Waals surface area contributed by atoms with Crippen LogP contribution in [-0.4, -0.2) is 40.4 Å². The van der Waals surface area contributed by atoms with E-state index in [9.17, 15) is 24.5 Å². The van der Waals surface area contributed by atoms with Crippen molar-refractivity contribution in [2.75, 3.05) is 5.32 Å². The summed E-state index contributed by atoms with van der Waals surface area (Å²) in [4.78, 5) is 46.5. The first-order valence-electron chi connectivity index (χ1n) is 8.22. The van der Waals surface area contributed by atoms with Gasteiger partial charge in [-0.25, -0.2) is 4.79 Å². The highest BCUT2D eigenvalue weighted by Gasteiger charge is 2.27. The Morgan fingerprint density at radius 1 is 1.22 bits per heavy atom. The summed E-state index contributed by atoms with van der Waals surface area (Å²) in [7, 11) is 0. The molecule has 0 aromatic heterocycles. The molecule has 2 atom stereocenters. The summed E-state index contributed by atoms with van der Waals surface area (Å²) in [6.45, 7) is 6.45. The van der Waals surface area contributed by atoms with Gasteiger partial charge >= 0.3 is 6.09 Å². The van der Waals surface area contributed by atoms with Crippen LogP contribution in [0.25, 0.3) is 0 Å². The van der Waals surface area contributed by atoms with Gasteiger partial charge in [0.25, 0.3) is 5.69 Å². The molecule has 1 rings (SSSR count). The van der Waals surface area contributed by atoms with Crippen molar-refractivity contribution in [3.8, 4) is 0 Å². The summed E-state index contributed by atoms with van der Waals surface area (Å²) < 4.78 is 5.11. The number of nitro groups is 1. The van der Waals surface area contributed by atoms with Crippen LogP contribution in [0.15, 0.2) is 24.3 Å². The number of nitrogens with one attached hydrogen (secondary N) is 2. The summed E-state index contributed by atoms with van der Waals surface area (Å²) in [5, 5.41) is 15.5.